The fraction of sp³-hybridized carbons (Fsp3) is 0.462. The first-order valence-corrected chi connectivity index (χ1v) is 5.68. The van der Waals surface area contributed by atoms with Crippen molar-refractivity contribution in [2.24, 2.45) is 5.73 Å². The van der Waals surface area contributed by atoms with Gasteiger partial charge in [0, 0.05) is 20.1 Å². The first-order chi connectivity index (χ1) is 8.12. The highest BCUT2D eigenvalue weighted by atomic mass is 16.5. The molecule has 4 heteroatoms. The molecule has 1 amide bonds. The van der Waals surface area contributed by atoms with Gasteiger partial charge in [0.15, 0.2) is 0 Å². The summed E-state index contributed by atoms with van der Waals surface area (Å²) >= 11 is 0. The Balaban J connectivity index is 2.72. The Kier molecular flexibility index (Phi) is 5.12. The van der Waals surface area contributed by atoms with Gasteiger partial charge < -0.3 is 15.8 Å². The molecule has 94 valence electrons. The van der Waals surface area contributed by atoms with Gasteiger partial charge in [-0.1, -0.05) is 30.3 Å². The topological polar surface area (TPSA) is 64.3 Å². The highest BCUT2D eigenvalue weighted by molar-refractivity contribution is 5.77. The number of carbonyl (C=O) groups excluding carboxylic acids is 1. The lowest BCUT2D eigenvalue weighted by Crippen LogP contribution is -2.48. The van der Waals surface area contributed by atoms with Crippen molar-refractivity contribution >= 4 is 5.91 Å². The van der Waals surface area contributed by atoms with Gasteiger partial charge in [-0.3, -0.25) is 4.79 Å². The molecule has 1 aromatic carbocycles. The fourth-order valence-electron chi connectivity index (χ4n) is 1.61. The SMILES string of the molecule is COCCC(=O)NC(C)(CN)c1ccccc1. The van der Waals surface area contributed by atoms with Crippen molar-refractivity contribution in [2.75, 3.05) is 20.3 Å². The predicted octanol–water partition coefficient (Wildman–Crippen LogP) is 1.01. The minimum Gasteiger partial charge on any atom is -0.384 e. The van der Waals surface area contributed by atoms with Gasteiger partial charge in [-0.05, 0) is 12.5 Å². The van der Waals surface area contributed by atoms with Crippen LogP contribution in [0, 0.1) is 0 Å². The number of benzene rings is 1. The lowest BCUT2D eigenvalue weighted by Gasteiger charge is -2.30. The quantitative estimate of drug-likeness (QED) is 0.775. The average molecular weight is 236 g/mol. The number of hydrogen-bond acceptors (Lipinski definition) is 3. The van der Waals surface area contributed by atoms with E-state index >= 15 is 0 Å². The van der Waals surface area contributed by atoms with E-state index in [9.17, 15) is 4.79 Å². The molecular formula is C13H20N2O2. The van der Waals surface area contributed by atoms with Crippen molar-refractivity contribution in [2.45, 2.75) is 18.9 Å². The third-order valence-corrected chi connectivity index (χ3v) is 2.77. The highest BCUT2D eigenvalue weighted by Crippen LogP contribution is 2.19. The van der Waals surface area contributed by atoms with Crippen LogP contribution in [-0.2, 0) is 15.1 Å². The molecule has 3 N–H and O–H groups in total. The number of ether oxygens (including phenoxy) is 1. The Labute approximate surface area is 102 Å². The van der Waals surface area contributed by atoms with Crippen molar-refractivity contribution in [3.8, 4) is 0 Å². The summed E-state index contributed by atoms with van der Waals surface area (Å²) in [6.45, 7) is 2.70. The number of nitrogens with two attached hydrogens (primary N) is 1. The van der Waals surface area contributed by atoms with Crippen LogP contribution in [0.2, 0.25) is 0 Å². The summed E-state index contributed by atoms with van der Waals surface area (Å²) in [4.78, 5) is 11.7. The number of rotatable bonds is 6. The Bertz CT molecular complexity index is 354. The van der Waals surface area contributed by atoms with Gasteiger partial charge in [0.2, 0.25) is 5.91 Å². The highest BCUT2D eigenvalue weighted by Gasteiger charge is 2.26. The van der Waals surface area contributed by atoms with Gasteiger partial charge >= 0.3 is 0 Å². The molecule has 0 radical (unpaired) electrons. The summed E-state index contributed by atoms with van der Waals surface area (Å²) in [6.07, 6.45) is 0.346. The minimum atomic E-state index is -0.522. The maximum Gasteiger partial charge on any atom is 0.223 e. The second-order valence-electron chi connectivity index (χ2n) is 4.19. The van der Waals surface area contributed by atoms with E-state index in [4.69, 9.17) is 10.5 Å². The van der Waals surface area contributed by atoms with E-state index in [1.807, 2.05) is 37.3 Å². The Morgan fingerprint density at radius 2 is 2.06 bits per heavy atom. The summed E-state index contributed by atoms with van der Waals surface area (Å²) in [5.74, 6) is -0.0522. The Morgan fingerprint density at radius 3 is 2.59 bits per heavy atom. The van der Waals surface area contributed by atoms with Crippen molar-refractivity contribution in [3.05, 3.63) is 35.9 Å². The Hall–Kier alpha value is -1.39. The third kappa shape index (κ3) is 3.84. The summed E-state index contributed by atoms with van der Waals surface area (Å²) in [5, 5.41) is 2.95. The summed E-state index contributed by atoms with van der Waals surface area (Å²) in [6, 6.07) is 9.73. The monoisotopic (exact) mass is 236 g/mol. The zero-order valence-electron chi connectivity index (χ0n) is 10.4. The van der Waals surface area contributed by atoms with Crippen molar-refractivity contribution < 1.29 is 9.53 Å². The van der Waals surface area contributed by atoms with Crippen LogP contribution in [0.15, 0.2) is 30.3 Å². The molecule has 4 nitrogen and oxygen atoms in total. The maximum atomic E-state index is 11.7. The molecule has 1 unspecified atom stereocenters. The number of amides is 1. The van der Waals surface area contributed by atoms with Crippen LogP contribution in [0.1, 0.15) is 18.9 Å². The molecule has 0 aliphatic heterocycles. The maximum absolute atomic E-state index is 11.7. The first kappa shape index (κ1) is 13.7. The Morgan fingerprint density at radius 1 is 1.41 bits per heavy atom. The average Bonchev–Trinajstić information content (AvgIpc) is 2.37. The molecule has 0 bridgehead atoms. The molecule has 17 heavy (non-hydrogen) atoms. The number of hydrogen-bond donors (Lipinski definition) is 2. The van der Waals surface area contributed by atoms with Crippen LogP contribution in [0.3, 0.4) is 0 Å². The van der Waals surface area contributed by atoms with E-state index in [1.54, 1.807) is 7.11 Å². The van der Waals surface area contributed by atoms with E-state index in [0.717, 1.165) is 5.56 Å². The third-order valence-electron chi connectivity index (χ3n) is 2.77. The van der Waals surface area contributed by atoms with E-state index < -0.39 is 5.54 Å². The molecule has 0 aliphatic rings. The minimum absolute atomic E-state index is 0.0522. The molecule has 1 aromatic rings. The van der Waals surface area contributed by atoms with Crippen molar-refractivity contribution in [1.29, 1.82) is 0 Å². The van der Waals surface area contributed by atoms with Crippen LogP contribution < -0.4 is 11.1 Å². The van der Waals surface area contributed by atoms with Crippen LogP contribution >= 0.6 is 0 Å². The lowest BCUT2D eigenvalue weighted by molar-refractivity contribution is -0.123. The standard InChI is InChI=1S/C13H20N2O2/c1-13(10-14,11-6-4-3-5-7-11)15-12(16)8-9-17-2/h3-7H,8-10,14H2,1-2H3,(H,15,16). The van der Waals surface area contributed by atoms with Crippen molar-refractivity contribution in [1.82, 2.24) is 5.32 Å². The number of carbonyl (C=O) groups is 1. The fourth-order valence-corrected chi connectivity index (χ4v) is 1.61. The van der Waals surface area contributed by atoms with Crippen LogP contribution in [-0.4, -0.2) is 26.2 Å². The van der Waals surface area contributed by atoms with Gasteiger partial charge in [-0.2, -0.15) is 0 Å². The normalized spacial score (nSPS) is 14.1. The molecule has 0 fully saturated rings. The predicted molar refractivity (Wildman–Crippen MR) is 67.5 cm³/mol. The van der Waals surface area contributed by atoms with E-state index in [0.29, 0.717) is 19.6 Å². The molecular weight excluding hydrogens is 216 g/mol. The van der Waals surface area contributed by atoms with E-state index in [-0.39, 0.29) is 5.91 Å². The molecule has 0 saturated carbocycles. The van der Waals surface area contributed by atoms with Gasteiger partial charge in [-0.25, -0.2) is 0 Å². The van der Waals surface area contributed by atoms with Crippen LogP contribution in [0.25, 0.3) is 0 Å². The molecule has 0 aliphatic carbocycles. The van der Waals surface area contributed by atoms with Gasteiger partial charge in [-0.15, -0.1) is 0 Å². The number of methoxy groups -OCH3 is 1. The lowest BCUT2D eigenvalue weighted by atomic mass is 9.92. The number of nitrogens with one attached hydrogen (secondary N) is 1. The second-order valence-corrected chi connectivity index (χ2v) is 4.19. The van der Waals surface area contributed by atoms with E-state index in [1.165, 1.54) is 0 Å². The molecule has 0 aromatic heterocycles. The van der Waals surface area contributed by atoms with Gasteiger partial charge in [0.05, 0.1) is 12.1 Å². The molecule has 0 saturated heterocycles. The zero-order valence-corrected chi connectivity index (χ0v) is 10.4. The largest absolute Gasteiger partial charge is 0.384 e. The summed E-state index contributed by atoms with van der Waals surface area (Å²) < 4.78 is 4.87. The van der Waals surface area contributed by atoms with Gasteiger partial charge in [0.1, 0.15) is 0 Å². The molecule has 0 spiro atoms. The molecule has 1 atom stereocenters. The summed E-state index contributed by atoms with van der Waals surface area (Å²) in [7, 11) is 1.58. The van der Waals surface area contributed by atoms with Crippen molar-refractivity contribution in [3.63, 3.8) is 0 Å². The van der Waals surface area contributed by atoms with Gasteiger partial charge in [0.25, 0.3) is 0 Å². The first-order valence-electron chi connectivity index (χ1n) is 5.68. The smallest absolute Gasteiger partial charge is 0.223 e. The zero-order chi connectivity index (χ0) is 12.7. The molecule has 0 heterocycles. The second kappa shape index (κ2) is 6.37. The summed E-state index contributed by atoms with van der Waals surface area (Å²) in [5.41, 5.74) is 6.26. The molecule has 1 rings (SSSR count). The van der Waals surface area contributed by atoms with E-state index in [2.05, 4.69) is 5.32 Å². The van der Waals surface area contributed by atoms with Crippen LogP contribution in [0.4, 0.5) is 0 Å². The van der Waals surface area contributed by atoms with Crippen LogP contribution in [0.5, 0.6) is 0 Å².